The maximum atomic E-state index is 12.1. The Kier molecular flexibility index (Phi) is 11.9. The van der Waals surface area contributed by atoms with Crippen LogP contribution in [-0.2, 0) is 6.54 Å². The molecule has 126 valence electrons. The van der Waals surface area contributed by atoms with Crippen molar-refractivity contribution in [3.63, 3.8) is 0 Å². The molecule has 0 unspecified atom stereocenters. The topological polar surface area (TPSA) is 45.7 Å². The summed E-state index contributed by atoms with van der Waals surface area (Å²) in [6, 6.07) is 6.11. The van der Waals surface area contributed by atoms with Crippen LogP contribution in [0.1, 0.15) is 31.4 Å². The van der Waals surface area contributed by atoms with E-state index >= 15 is 0 Å². The molecular formula is C16H27FIN3O. The molecule has 0 amide bonds. The molecule has 0 saturated carbocycles. The minimum absolute atomic E-state index is 0. The molecule has 2 N–H and O–H groups in total. The summed E-state index contributed by atoms with van der Waals surface area (Å²) in [5, 5.41) is 6.26. The number of alkyl halides is 1. The average molecular weight is 423 g/mol. The van der Waals surface area contributed by atoms with E-state index in [9.17, 15) is 4.39 Å². The molecule has 1 aromatic carbocycles. The molecule has 4 nitrogen and oxygen atoms in total. The summed E-state index contributed by atoms with van der Waals surface area (Å²) in [6.07, 6.45) is 0.485. The number of ether oxygens (including phenoxy) is 1. The van der Waals surface area contributed by atoms with Gasteiger partial charge in [0.2, 0.25) is 0 Å². The molecule has 22 heavy (non-hydrogen) atoms. The lowest BCUT2D eigenvalue weighted by molar-refractivity contribution is 0.336. The lowest BCUT2D eigenvalue weighted by Crippen LogP contribution is -2.37. The number of hydrogen-bond acceptors (Lipinski definition) is 2. The van der Waals surface area contributed by atoms with Crippen LogP contribution in [0.15, 0.2) is 23.2 Å². The normalized spacial score (nSPS) is 10.8. The van der Waals surface area contributed by atoms with Gasteiger partial charge < -0.3 is 15.4 Å². The van der Waals surface area contributed by atoms with Gasteiger partial charge in [0.25, 0.3) is 0 Å². The van der Waals surface area contributed by atoms with Gasteiger partial charge in [0.05, 0.1) is 19.8 Å². The number of halogens is 2. The Morgan fingerprint density at radius 2 is 2.05 bits per heavy atom. The van der Waals surface area contributed by atoms with Gasteiger partial charge in [-0.25, -0.2) is 4.99 Å². The van der Waals surface area contributed by atoms with Crippen LogP contribution in [0.3, 0.4) is 0 Å². The van der Waals surface area contributed by atoms with Gasteiger partial charge in [0.1, 0.15) is 5.75 Å². The molecule has 1 aromatic rings. The van der Waals surface area contributed by atoms with Crippen LogP contribution in [0.4, 0.5) is 4.39 Å². The van der Waals surface area contributed by atoms with Crippen LogP contribution >= 0.6 is 24.0 Å². The minimum Gasteiger partial charge on any atom is -0.494 e. The van der Waals surface area contributed by atoms with Gasteiger partial charge in [-0.15, -0.1) is 24.0 Å². The predicted molar refractivity (Wildman–Crippen MR) is 101 cm³/mol. The first-order valence-electron chi connectivity index (χ1n) is 7.51. The number of benzene rings is 1. The fraction of sp³-hybridized carbons (Fsp3) is 0.562. The number of aryl methyl sites for hydroxylation is 1. The molecule has 0 radical (unpaired) electrons. The highest BCUT2D eigenvalue weighted by Gasteiger charge is 2.04. The van der Waals surface area contributed by atoms with Crippen molar-refractivity contribution in [1.29, 1.82) is 0 Å². The van der Waals surface area contributed by atoms with E-state index < -0.39 is 0 Å². The Labute approximate surface area is 149 Å². The molecule has 6 heteroatoms. The predicted octanol–water partition coefficient (Wildman–Crippen LogP) is 3.43. The van der Waals surface area contributed by atoms with Crippen LogP contribution in [0.5, 0.6) is 5.75 Å². The van der Waals surface area contributed by atoms with E-state index in [1.165, 1.54) is 5.56 Å². The second-order valence-electron chi connectivity index (χ2n) is 4.71. The smallest absolute Gasteiger partial charge is 0.191 e. The number of aliphatic imine (C=N–C) groups is 1. The zero-order chi connectivity index (χ0) is 15.5. The second kappa shape index (κ2) is 12.5. The van der Waals surface area contributed by atoms with Gasteiger partial charge in [-0.1, -0.05) is 12.1 Å². The largest absolute Gasteiger partial charge is 0.494 e. The highest BCUT2D eigenvalue weighted by Crippen LogP contribution is 2.21. The van der Waals surface area contributed by atoms with E-state index in [4.69, 9.17) is 4.74 Å². The van der Waals surface area contributed by atoms with Gasteiger partial charge in [-0.05, 0) is 38.8 Å². The summed E-state index contributed by atoms with van der Waals surface area (Å²) in [5.74, 6) is 1.58. The number of guanidine groups is 1. The monoisotopic (exact) mass is 423 g/mol. The standard InChI is InChI=1S/C16H26FN3O.HI/c1-4-18-16(19-10-6-9-17)20-12-14-8-7-13(3)11-15(14)21-5-2;/h7-8,11H,4-6,9-10,12H2,1-3H3,(H2,18,19,20);1H. The van der Waals surface area contributed by atoms with E-state index in [1.54, 1.807) is 0 Å². The molecule has 0 aliphatic carbocycles. The summed E-state index contributed by atoms with van der Waals surface area (Å²) < 4.78 is 17.8. The van der Waals surface area contributed by atoms with E-state index in [-0.39, 0.29) is 30.7 Å². The molecular weight excluding hydrogens is 396 g/mol. The fourth-order valence-corrected chi connectivity index (χ4v) is 1.86. The summed E-state index contributed by atoms with van der Waals surface area (Å²) in [4.78, 5) is 4.52. The number of nitrogens with zero attached hydrogens (tertiary/aromatic N) is 1. The van der Waals surface area contributed by atoms with Crippen molar-refractivity contribution in [3.8, 4) is 5.75 Å². The van der Waals surface area contributed by atoms with Crippen molar-refractivity contribution >= 4 is 29.9 Å². The number of hydrogen-bond donors (Lipinski definition) is 2. The van der Waals surface area contributed by atoms with E-state index in [2.05, 4.69) is 21.7 Å². The number of rotatable bonds is 8. The fourth-order valence-electron chi connectivity index (χ4n) is 1.86. The first-order valence-corrected chi connectivity index (χ1v) is 7.51. The minimum atomic E-state index is -0.321. The van der Waals surface area contributed by atoms with Crippen LogP contribution in [0, 0.1) is 6.92 Å². The molecule has 0 aromatic heterocycles. The lowest BCUT2D eigenvalue weighted by atomic mass is 10.1. The van der Waals surface area contributed by atoms with Gasteiger partial charge in [0, 0.05) is 18.7 Å². The third-order valence-corrected chi connectivity index (χ3v) is 2.88. The third-order valence-electron chi connectivity index (χ3n) is 2.88. The Morgan fingerprint density at radius 1 is 1.27 bits per heavy atom. The molecule has 0 atom stereocenters. The quantitative estimate of drug-likeness (QED) is 0.292. The Bertz CT molecular complexity index is 455. The van der Waals surface area contributed by atoms with Crippen molar-refractivity contribution in [3.05, 3.63) is 29.3 Å². The molecule has 0 bridgehead atoms. The van der Waals surface area contributed by atoms with Crippen molar-refractivity contribution < 1.29 is 9.13 Å². The summed E-state index contributed by atoms with van der Waals surface area (Å²) >= 11 is 0. The van der Waals surface area contributed by atoms with Crippen LogP contribution in [0.2, 0.25) is 0 Å². The Morgan fingerprint density at radius 3 is 2.68 bits per heavy atom. The second-order valence-corrected chi connectivity index (χ2v) is 4.71. The first kappa shape index (κ1) is 20.9. The average Bonchev–Trinajstić information content (AvgIpc) is 2.47. The molecule has 0 aliphatic heterocycles. The zero-order valence-corrected chi connectivity index (χ0v) is 15.9. The molecule has 0 saturated heterocycles. The van der Waals surface area contributed by atoms with E-state index in [1.807, 2.05) is 32.9 Å². The van der Waals surface area contributed by atoms with Gasteiger partial charge in [0.15, 0.2) is 5.96 Å². The first-order chi connectivity index (χ1) is 10.2. The SMILES string of the molecule is CCNC(=NCc1ccc(C)cc1OCC)NCCCF.I. The zero-order valence-electron chi connectivity index (χ0n) is 13.6. The van der Waals surface area contributed by atoms with Gasteiger partial charge >= 0.3 is 0 Å². The molecule has 1 rings (SSSR count). The number of nitrogens with one attached hydrogen (secondary N) is 2. The van der Waals surface area contributed by atoms with E-state index in [0.717, 1.165) is 17.9 Å². The highest BCUT2D eigenvalue weighted by molar-refractivity contribution is 14.0. The van der Waals surface area contributed by atoms with Crippen molar-refractivity contribution in [2.75, 3.05) is 26.4 Å². The Hall–Kier alpha value is -1.05. The van der Waals surface area contributed by atoms with Crippen LogP contribution in [0.25, 0.3) is 0 Å². The summed E-state index contributed by atoms with van der Waals surface area (Å²) in [5.41, 5.74) is 2.21. The van der Waals surface area contributed by atoms with Crippen molar-refractivity contribution in [2.45, 2.75) is 33.7 Å². The van der Waals surface area contributed by atoms with Crippen LogP contribution in [-0.4, -0.2) is 32.3 Å². The molecule has 0 aliphatic rings. The molecule has 0 fully saturated rings. The van der Waals surface area contributed by atoms with E-state index in [0.29, 0.717) is 32.1 Å². The van der Waals surface area contributed by atoms with Crippen molar-refractivity contribution in [2.24, 2.45) is 4.99 Å². The maximum absolute atomic E-state index is 12.1. The van der Waals surface area contributed by atoms with Crippen molar-refractivity contribution in [1.82, 2.24) is 10.6 Å². The molecule has 0 heterocycles. The van der Waals surface area contributed by atoms with Gasteiger partial charge in [-0.2, -0.15) is 0 Å². The third kappa shape index (κ3) is 7.82. The van der Waals surface area contributed by atoms with Gasteiger partial charge in [-0.3, -0.25) is 4.39 Å². The lowest BCUT2D eigenvalue weighted by Gasteiger charge is -2.12. The van der Waals surface area contributed by atoms with Crippen LogP contribution < -0.4 is 15.4 Å². The molecule has 0 spiro atoms. The summed E-state index contributed by atoms with van der Waals surface area (Å²) in [7, 11) is 0. The Balaban J connectivity index is 0.00000441. The summed E-state index contributed by atoms with van der Waals surface area (Å²) in [6.45, 7) is 8.20. The highest BCUT2D eigenvalue weighted by atomic mass is 127. The maximum Gasteiger partial charge on any atom is 0.191 e.